The molecular weight excluding hydrogens is 268 g/mol. The van der Waals surface area contributed by atoms with E-state index in [1.54, 1.807) is 37.3 Å². The second kappa shape index (κ2) is 7.76. The van der Waals surface area contributed by atoms with Crippen molar-refractivity contribution in [1.29, 1.82) is 0 Å². The molecule has 1 rings (SSSR count). The molecule has 0 aliphatic rings. The fourth-order valence-electron chi connectivity index (χ4n) is 1.60. The number of nitrogens with one attached hydrogen (secondary N) is 1. The van der Waals surface area contributed by atoms with Gasteiger partial charge in [-0.15, -0.1) is 0 Å². The Labute approximate surface area is 117 Å². The third-order valence-corrected chi connectivity index (χ3v) is 2.77. The molecule has 0 saturated heterocycles. The number of carbonyl (C=O) groups excluding carboxylic acids is 2. The van der Waals surface area contributed by atoms with Crippen LogP contribution in [0.15, 0.2) is 18.2 Å². The molecule has 0 atom stereocenters. The van der Waals surface area contributed by atoms with Crippen LogP contribution in [0.5, 0.6) is 0 Å². The van der Waals surface area contributed by atoms with Crippen molar-refractivity contribution >= 4 is 29.5 Å². The first-order valence-electron chi connectivity index (χ1n) is 5.80. The summed E-state index contributed by atoms with van der Waals surface area (Å²) < 4.78 is 4.84. The van der Waals surface area contributed by atoms with Gasteiger partial charge in [0.25, 0.3) is 0 Å². The van der Waals surface area contributed by atoms with E-state index in [0.717, 1.165) is 6.29 Å². The number of anilines is 1. The molecule has 104 valence electrons. The predicted molar refractivity (Wildman–Crippen MR) is 75.0 cm³/mol. The number of rotatable bonds is 7. The van der Waals surface area contributed by atoms with Gasteiger partial charge in [0.1, 0.15) is 0 Å². The van der Waals surface area contributed by atoms with Crippen LogP contribution in [0.25, 0.3) is 0 Å². The minimum atomic E-state index is -0.142. The highest BCUT2D eigenvalue weighted by molar-refractivity contribution is 6.31. The van der Waals surface area contributed by atoms with E-state index in [4.69, 9.17) is 16.3 Å². The van der Waals surface area contributed by atoms with Crippen LogP contribution in [0.1, 0.15) is 10.4 Å². The molecule has 0 aliphatic carbocycles. The molecule has 0 spiro atoms. The first kappa shape index (κ1) is 15.5. The largest absolute Gasteiger partial charge is 0.383 e. The molecule has 0 aliphatic heterocycles. The Morgan fingerprint density at radius 1 is 1.53 bits per heavy atom. The van der Waals surface area contributed by atoms with E-state index in [0.29, 0.717) is 29.4 Å². The molecule has 0 saturated carbocycles. The summed E-state index contributed by atoms with van der Waals surface area (Å²) in [6.45, 7) is 1.07. The highest BCUT2D eigenvalue weighted by Gasteiger charge is 2.11. The number of hydrogen-bond acceptors (Lipinski definition) is 4. The SMILES string of the molecule is COCCNC(=O)CN(C)c1cc(Cl)ccc1C=O. The summed E-state index contributed by atoms with van der Waals surface area (Å²) in [6.07, 6.45) is 0.741. The monoisotopic (exact) mass is 284 g/mol. The summed E-state index contributed by atoms with van der Waals surface area (Å²) in [6, 6.07) is 4.93. The number of nitrogens with zero attached hydrogens (tertiary/aromatic N) is 1. The number of carbonyl (C=O) groups is 2. The van der Waals surface area contributed by atoms with Crippen molar-refractivity contribution in [1.82, 2.24) is 5.32 Å². The van der Waals surface area contributed by atoms with Crippen molar-refractivity contribution in [3.63, 3.8) is 0 Å². The van der Waals surface area contributed by atoms with Crippen molar-refractivity contribution in [3.05, 3.63) is 28.8 Å². The number of aldehydes is 1. The maximum Gasteiger partial charge on any atom is 0.239 e. The number of amides is 1. The Kier molecular flexibility index (Phi) is 6.32. The van der Waals surface area contributed by atoms with Gasteiger partial charge in [-0.1, -0.05) is 11.6 Å². The summed E-state index contributed by atoms with van der Waals surface area (Å²) >= 11 is 5.90. The summed E-state index contributed by atoms with van der Waals surface area (Å²) in [5.74, 6) is -0.142. The second-order valence-corrected chi connectivity index (χ2v) is 4.46. The molecule has 0 unspecified atom stereocenters. The third-order valence-electron chi connectivity index (χ3n) is 2.54. The summed E-state index contributed by atoms with van der Waals surface area (Å²) in [5.41, 5.74) is 1.13. The highest BCUT2D eigenvalue weighted by atomic mass is 35.5. The van der Waals surface area contributed by atoms with E-state index in [9.17, 15) is 9.59 Å². The summed E-state index contributed by atoms with van der Waals surface area (Å²) in [5, 5.41) is 3.23. The minimum absolute atomic E-state index is 0.142. The molecule has 0 radical (unpaired) electrons. The highest BCUT2D eigenvalue weighted by Crippen LogP contribution is 2.22. The number of ether oxygens (including phenoxy) is 1. The fraction of sp³-hybridized carbons (Fsp3) is 0.385. The molecule has 0 bridgehead atoms. The standard InChI is InChI=1S/C13H17ClN2O3/c1-16(8-13(18)15-5-6-19-2)12-7-11(14)4-3-10(12)9-17/h3-4,7,9H,5-6,8H2,1-2H3,(H,15,18). The lowest BCUT2D eigenvalue weighted by Crippen LogP contribution is -2.37. The lowest BCUT2D eigenvalue weighted by molar-refractivity contribution is -0.119. The van der Waals surface area contributed by atoms with Crippen molar-refractivity contribution in [2.75, 3.05) is 38.8 Å². The summed E-state index contributed by atoms with van der Waals surface area (Å²) in [7, 11) is 3.30. The van der Waals surface area contributed by atoms with E-state index in [1.165, 1.54) is 0 Å². The van der Waals surface area contributed by atoms with Gasteiger partial charge in [-0.25, -0.2) is 0 Å². The predicted octanol–water partition coefficient (Wildman–Crippen LogP) is 1.35. The lowest BCUT2D eigenvalue weighted by atomic mass is 10.2. The molecule has 6 heteroatoms. The average Bonchev–Trinajstić information content (AvgIpc) is 2.39. The zero-order valence-electron chi connectivity index (χ0n) is 11.0. The van der Waals surface area contributed by atoms with Crippen LogP contribution in [0.4, 0.5) is 5.69 Å². The molecule has 0 fully saturated rings. The molecular formula is C13H17ClN2O3. The lowest BCUT2D eigenvalue weighted by Gasteiger charge is -2.20. The fourth-order valence-corrected chi connectivity index (χ4v) is 1.76. The topological polar surface area (TPSA) is 58.6 Å². The Bertz CT molecular complexity index is 452. The van der Waals surface area contributed by atoms with Crippen molar-refractivity contribution in [2.45, 2.75) is 0 Å². The number of likely N-dealkylation sites (N-methyl/N-ethyl adjacent to an activating group) is 1. The average molecular weight is 285 g/mol. The van der Waals surface area contributed by atoms with Gasteiger partial charge in [0, 0.05) is 37.0 Å². The van der Waals surface area contributed by atoms with Crippen LogP contribution >= 0.6 is 11.6 Å². The molecule has 0 aromatic heterocycles. The number of halogens is 1. The quantitative estimate of drug-likeness (QED) is 0.607. The maximum atomic E-state index is 11.7. The van der Waals surface area contributed by atoms with Gasteiger partial charge < -0.3 is 15.0 Å². The van der Waals surface area contributed by atoms with Gasteiger partial charge in [0.05, 0.1) is 13.2 Å². The number of benzene rings is 1. The van der Waals surface area contributed by atoms with Crippen LogP contribution in [0.3, 0.4) is 0 Å². The van der Waals surface area contributed by atoms with Gasteiger partial charge in [-0.05, 0) is 18.2 Å². The number of methoxy groups -OCH3 is 1. The zero-order valence-corrected chi connectivity index (χ0v) is 11.7. The Morgan fingerprint density at radius 3 is 2.89 bits per heavy atom. The van der Waals surface area contributed by atoms with E-state index in [1.807, 2.05) is 0 Å². The normalized spacial score (nSPS) is 10.1. The second-order valence-electron chi connectivity index (χ2n) is 4.02. The first-order chi connectivity index (χ1) is 9.08. The Balaban J connectivity index is 2.67. The van der Waals surface area contributed by atoms with Crippen molar-refractivity contribution in [3.8, 4) is 0 Å². The molecule has 19 heavy (non-hydrogen) atoms. The molecule has 1 amide bonds. The molecule has 1 aromatic carbocycles. The van der Waals surface area contributed by atoms with Crippen LogP contribution in [-0.2, 0) is 9.53 Å². The van der Waals surface area contributed by atoms with Gasteiger partial charge in [-0.2, -0.15) is 0 Å². The van der Waals surface area contributed by atoms with Crippen LogP contribution < -0.4 is 10.2 Å². The van der Waals surface area contributed by atoms with Gasteiger partial charge in [0.2, 0.25) is 5.91 Å². The van der Waals surface area contributed by atoms with E-state index in [2.05, 4.69) is 5.32 Å². The van der Waals surface area contributed by atoms with Crippen molar-refractivity contribution in [2.24, 2.45) is 0 Å². The molecule has 1 N–H and O–H groups in total. The van der Waals surface area contributed by atoms with Gasteiger partial charge in [-0.3, -0.25) is 9.59 Å². The maximum absolute atomic E-state index is 11.7. The van der Waals surface area contributed by atoms with Crippen LogP contribution in [-0.4, -0.2) is 46.0 Å². The molecule has 5 nitrogen and oxygen atoms in total. The van der Waals surface area contributed by atoms with E-state index in [-0.39, 0.29) is 12.5 Å². The van der Waals surface area contributed by atoms with Crippen LogP contribution in [0, 0.1) is 0 Å². The molecule has 0 heterocycles. The Morgan fingerprint density at radius 2 is 2.26 bits per heavy atom. The third kappa shape index (κ3) is 4.89. The smallest absolute Gasteiger partial charge is 0.239 e. The Hall–Kier alpha value is -1.59. The van der Waals surface area contributed by atoms with Crippen LogP contribution in [0.2, 0.25) is 5.02 Å². The first-order valence-corrected chi connectivity index (χ1v) is 6.17. The minimum Gasteiger partial charge on any atom is -0.383 e. The molecule has 1 aromatic rings. The van der Waals surface area contributed by atoms with E-state index >= 15 is 0 Å². The van der Waals surface area contributed by atoms with E-state index < -0.39 is 0 Å². The zero-order chi connectivity index (χ0) is 14.3. The van der Waals surface area contributed by atoms with Gasteiger partial charge in [0.15, 0.2) is 6.29 Å². The van der Waals surface area contributed by atoms with Gasteiger partial charge >= 0.3 is 0 Å². The summed E-state index contributed by atoms with van der Waals surface area (Å²) in [4.78, 5) is 24.3. The van der Waals surface area contributed by atoms with Crippen molar-refractivity contribution < 1.29 is 14.3 Å². The number of hydrogen-bond donors (Lipinski definition) is 1.